The number of carbonyl (C=O) groups is 1. The van der Waals surface area contributed by atoms with Crippen LogP contribution in [0.4, 0.5) is 16.2 Å². The van der Waals surface area contributed by atoms with Crippen LogP contribution in [0.3, 0.4) is 0 Å². The fourth-order valence-electron chi connectivity index (χ4n) is 1.98. The van der Waals surface area contributed by atoms with Gasteiger partial charge in [-0.2, -0.15) is 5.10 Å². The highest BCUT2D eigenvalue weighted by Gasteiger charge is 2.08. The summed E-state index contributed by atoms with van der Waals surface area (Å²) < 4.78 is 6.65. The Hall–Kier alpha value is -3.20. The van der Waals surface area contributed by atoms with Crippen LogP contribution in [0.2, 0.25) is 0 Å². The summed E-state index contributed by atoms with van der Waals surface area (Å²) in [5.41, 5.74) is 1.82. The molecule has 0 spiro atoms. The summed E-state index contributed by atoms with van der Waals surface area (Å²) in [4.78, 5) is 12.0. The number of aromatic nitrogens is 4. The first-order chi connectivity index (χ1) is 11.2. The van der Waals surface area contributed by atoms with Crippen molar-refractivity contribution in [1.82, 2.24) is 20.0 Å². The molecule has 0 aliphatic rings. The number of urea groups is 1. The molecule has 0 unspecified atom stereocenters. The largest absolute Gasteiger partial charge is 0.423 e. The van der Waals surface area contributed by atoms with Crippen LogP contribution in [0.25, 0.3) is 11.5 Å². The van der Waals surface area contributed by atoms with E-state index >= 15 is 0 Å². The Morgan fingerprint density at radius 2 is 2.17 bits per heavy atom. The fraction of sp³-hybridized carbons (Fsp3) is 0.143. The van der Waals surface area contributed by atoms with E-state index in [4.69, 9.17) is 9.52 Å². The molecule has 2 heterocycles. The molecule has 0 aliphatic carbocycles. The van der Waals surface area contributed by atoms with Gasteiger partial charge in [0.1, 0.15) is 0 Å². The van der Waals surface area contributed by atoms with Crippen LogP contribution in [0.15, 0.2) is 47.5 Å². The Balaban J connectivity index is 1.64. The van der Waals surface area contributed by atoms with Gasteiger partial charge in [0.2, 0.25) is 12.3 Å². The third-order valence-corrected chi connectivity index (χ3v) is 2.95. The summed E-state index contributed by atoms with van der Waals surface area (Å²) in [5, 5.41) is 25.6. The topological polar surface area (TPSA) is 118 Å². The Morgan fingerprint density at radius 1 is 1.30 bits per heavy atom. The zero-order valence-corrected chi connectivity index (χ0v) is 12.0. The number of rotatable bonds is 5. The van der Waals surface area contributed by atoms with E-state index in [1.807, 2.05) is 0 Å². The van der Waals surface area contributed by atoms with Crippen molar-refractivity contribution in [3.05, 3.63) is 43.1 Å². The number of hydrogen-bond acceptors (Lipinski definition) is 6. The molecule has 0 bridgehead atoms. The minimum absolute atomic E-state index is 0.0181. The van der Waals surface area contributed by atoms with Gasteiger partial charge in [-0.25, -0.2) is 4.79 Å². The van der Waals surface area contributed by atoms with Crippen molar-refractivity contribution in [3.63, 3.8) is 0 Å². The van der Waals surface area contributed by atoms with Gasteiger partial charge in [-0.15, -0.1) is 10.2 Å². The number of amides is 2. The first-order valence-electron chi connectivity index (χ1n) is 6.82. The molecule has 3 N–H and O–H groups in total. The van der Waals surface area contributed by atoms with E-state index in [9.17, 15) is 4.79 Å². The number of hydrogen-bond donors (Lipinski definition) is 3. The Kier molecular flexibility index (Phi) is 4.29. The molecular formula is C14H14N6O3. The van der Waals surface area contributed by atoms with Crippen molar-refractivity contribution in [2.75, 3.05) is 17.2 Å². The van der Waals surface area contributed by atoms with E-state index in [1.54, 1.807) is 30.5 Å². The SMILES string of the molecule is O=C(Nc1cccc(-c2nnco2)c1)Nc1cnn(CCO)c1. The van der Waals surface area contributed by atoms with Crippen LogP contribution < -0.4 is 10.6 Å². The van der Waals surface area contributed by atoms with E-state index in [0.29, 0.717) is 29.4 Å². The minimum Gasteiger partial charge on any atom is -0.423 e. The zero-order valence-electron chi connectivity index (χ0n) is 12.0. The van der Waals surface area contributed by atoms with Gasteiger partial charge in [-0.1, -0.05) is 6.07 Å². The molecule has 3 aromatic rings. The molecule has 0 saturated carbocycles. The van der Waals surface area contributed by atoms with Crippen LogP contribution in [-0.2, 0) is 6.54 Å². The van der Waals surface area contributed by atoms with Crippen molar-refractivity contribution in [2.45, 2.75) is 6.54 Å². The van der Waals surface area contributed by atoms with Gasteiger partial charge in [0.05, 0.1) is 25.0 Å². The quantitative estimate of drug-likeness (QED) is 0.658. The number of nitrogens with zero attached hydrogens (tertiary/aromatic N) is 4. The Morgan fingerprint density at radius 3 is 2.96 bits per heavy atom. The van der Waals surface area contributed by atoms with Gasteiger partial charge in [0, 0.05) is 17.4 Å². The van der Waals surface area contributed by atoms with Gasteiger partial charge < -0.3 is 20.2 Å². The molecule has 2 aromatic heterocycles. The van der Waals surface area contributed by atoms with E-state index in [2.05, 4.69) is 25.9 Å². The molecule has 2 amide bonds. The minimum atomic E-state index is -0.406. The van der Waals surface area contributed by atoms with Gasteiger partial charge in [0.15, 0.2) is 0 Å². The molecule has 23 heavy (non-hydrogen) atoms. The number of aliphatic hydroxyl groups is 1. The van der Waals surface area contributed by atoms with Crippen molar-refractivity contribution in [3.8, 4) is 11.5 Å². The number of benzene rings is 1. The lowest BCUT2D eigenvalue weighted by Crippen LogP contribution is -2.19. The van der Waals surface area contributed by atoms with Crippen molar-refractivity contribution >= 4 is 17.4 Å². The molecule has 3 rings (SSSR count). The van der Waals surface area contributed by atoms with Crippen LogP contribution in [-0.4, -0.2) is 37.7 Å². The normalized spacial score (nSPS) is 10.5. The van der Waals surface area contributed by atoms with Crippen molar-refractivity contribution in [1.29, 1.82) is 0 Å². The first kappa shape index (κ1) is 14.7. The molecule has 118 valence electrons. The summed E-state index contributed by atoms with van der Waals surface area (Å²) in [6.45, 7) is 0.352. The second-order valence-corrected chi connectivity index (χ2v) is 4.62. The van der Waals surface area contributed by atoms with Crippen LogP contribution in [0.5, 0.6) is 0 Å². The summed E-state index contributed by atoms with van der Waals surface area (Å²) in [5.74, 6) is 0.374. The molecule has 9 heteroatoms. The Labute approximate surface area is 131 Å². The monoisotopic (exact) mass is 314 g/mol. The van der Waals surface area contributed by atoms with Crippen molar-refractivity contribution in [2.24, 2.45) is 0 Å². The predicted molar refractivity (Wildman–Crippen MR) is 81.7 cm³/mol. The van der Waals surface area contributed by atoms with Crippen LogP contribution >= 0.6 is 0 Å². The van der Waals surface area contributed by atoms with E-state index < -0.39 is 6.03 Å². The second kappa shape index (κ2) is 6.71. The predicted octanol–water partition coefficient (Wildman–Crippen LogP) is 1.57. The summed E-state index contributed by atoms with van der Waals surface area (Å²) in [6.07, 6.45) is 4.38. The standard InChI is InChI=1S/C14H14N6O3/c21-5-4-20-8-12(7-16-20)18-14(22)17-11-3-1-2-10(6-11)13-19-15-9-23-13/h1-3,6-9,21H,4-5H2,(H2,17,18,22). The number of aliphatic hydroxyl groups excluding tert-OH is 1. The van der Waals surface area contributed by atoms with Gasteiger partial charge in [-0.05, 0) is 18.2 Å². The summed E-state index contributed by atoms with van der Waals surface area (Å²) in [6, 6.07) is 6.64. The van der Waals surface area contributed by atoms with Gasteiger partial charge >= 0.3 is 6.03 Å². The van der Waals surface area contributed by atoms with E-state index in [0.717, 1.165) is 0 Å². The maximum atomic E-state index is 12.0. The molecule has 1 aromatic carbocycles. The average molecular weight is 314 g/mol. The molecule has 0 radical (unpaired) electrons. The molecule has 0 atom stereocenters. The third kappa shape index (κ3) is 3.71. The number of anilines is 2. The first-order valence-corrected chi connectivity index (χ1v) is 6.82. The maximum absolute atomic E-state index is 12.0. The third-order valence-electron chi connectivity index (χ3n) is 2.95. The Bertz CT molecular complexity index is 783. The highest BCUT2D eigenvalue weighted by atomic mass is 16.4. The van der Waals surface area contributed by atoms with Crippen molar-refractivity contribution < 1.29 is 14.3 Å². The van der Waals surface area contributed by atoms with Gasteiger partial charge in [0.25, 0.3) is 0 Å². The second-order valence-electron chi connectivity index (χ2n) is 4.62. The highest BCUT2D eigenvalue weighted by Crippen LogP contribution is 2.20. The summed E-state index contributed by atoms with van der Waals surface area (Å²) >= 11 is 0. The van der Waals surface area contributed by atoms with E-state index in [1.165, 1.54) is 17.3 Å². The van der Waals surface area contributed by atoms with Gasteiger partial charge in [-0.3, -0.25) is 4.68 Å². The molecular weight excluding hydrogens is 300 g/mol. The molecule has 0 aliphatic heterocycles. The maximum Gasteiger partial charge on any atom is 0.323 e. The lowest BCUT2D eigenvalue weighted by molar-refractivity contribution is 0.262. The van der Waals surface area contributed by atoms with E-state index in [-0.39, 0.29) is 6.61 Å². The molecule has 0 fully saturated rings. The average Bonchev–Trinajstić information content (AvgIpc) is 3.20. The summed E-state index contributed by atoms with van der Waals surface area (Å²) in [7, 11) is 0. The highest BCUT2D eigenvalue weighted by molar-refractivity contribution is 5.99. The number of carbonyl (C=O) groups excluding carboxylic acids is 1. The lowest BCUT2D eigenvalue weighted by Gasteiger charge is -2.06. The smallest absolute Gasteiger partial charge is 0.323 e. The van der Waals surface area contributed by atoms with Crippen LogP contribution in [0, 0.1) is 0 Å². The molecule has 0 saturated heterocycles. The number of nitrogens with one attached hydrogen (secondary N) is 2. The lowest BCUT2D eigenvalue weighted by atomic mass is 10.2. The zero-order chi connectivity index (χ0) is 16.1. The van der Waals surface area contributed by atoms with Crippen LogP contribution in [0.1, 0.15) is 0 Å². The fourth-order valence-corrected chi connectivity index (χ4v) is 1.98. The molecule has 9 nitrogen and oxygen atoms in total.